The summed E-state index contributed by atoms with van der Waals surface area (Å²) in [6, 6.07) is 11.8. The van der Waals surface area contributed by atoms with Crippen LogP contribution in [0.15, 0.2) is 48.8 Å². The molecule has 0 amide bonds. The lowest BCUT2D eigenvalue weighted by Gasteiger charge is -2.05. The van der Waals surface area contributed by atoms with Gasteiger partial charge in [-0.25, -0.2) is 4.98 Å². The van der Waals surface area contributed by atoms with Crippen molar-refractivity contribution in [3.8, 4) is 17.0 Å². The van der Waals surface area contributed by atoms with E-state index in [9.17, 15) is 0 Å². The minimum atomic E-state index is 0. The Kier molecular flexibility index (Phi) is 5.86. The molecule has 116 valence electrons. The van der Waals surface area contributed by atoms with E-state index in [0.717, 1.165) is 42.1 Å². The van der Waals surface area contributed by atoms with Crippen LogP contribution in [0.5, 0.6) is 5.75 Å². The Bertz CT molecular complexity index is 740. The van der Waals surface area contributed by atoms with Crippen LogP contribution in [0.1, 0.15) is 19.8 Å². The second-order valence-corrected chi connectivity index (χ2v) is 5.40. The number of hydrogen-bond donors (Lipinski definition) is 0. The van der Waals surface area contributed by atoms with Crippen LogP contribution in [-0.4, -0.2) is 16.0 Å². The first-order chi connectivity index (χ1) is 10.3. The number of aromatic nitrogens is 2. The lowest BCUT2D eigenvalue weighted by Crippen LogP contribution is -3.00. The van der Waals surface area contributed by atoms with E-state index in [4.69, 9.17) is 16.3 Å². The summed E-state index contributed by atoms with van der Waals surface area (Å²) in [5, 5.41) is 0.700. The van der Waals surface area contributed by atoms with Gasteiger partial charge in [0.1, 0.15) is 11.4 Å². The molecule has 0 aliphatic heterocycles. The molecular weight excluding hydrogens is 364 g/mol. The van der Waals surface area contributed by atoms with Crippen molar-refractivity contribution in [2.45, 2.75) is 19.8 Å². The number of fused-ring (bicyclic) bond motifs is 1. The topological polar surface area (TPSA) is 26.5 Å². The predicted octanol–water partition coefficient (Wildman–Crippen LogP) is 1.84. The van der Waals surface area contributed by atoms with Crippen molar-refractivity contribution in [2.75, 3.05) is 6.61 Å². The molecule has 0 aliphatic carbocycles. The summed E-state index contributed by atoms with van der Waals surface area (Å²) in [6.45, 7) is 2.92. The Morgan fingerprint density at radius 3 is 2.59 bits per heavy atom. The van der Waals surface area contributed by atoms with Crippen LogP contribution in [0.4, 0.5) is 0 Å². The van der Waals surface area contributed by atoms with Crippen LogP contribution in [0.2, 0.25) is 5.02 Å². The smallest absolute Gasteiger partial charge is 0.137 e. The molecule has 2 aromatic heterocycles. The number of unbranched alkanes of at least 4 members (excludes halogenated alkanes) is 1. The molecule has 2 heterocycles. The first kappa shape index (κ1) is 16.8. The molecule has 0 saturated carbocycles. The van der Waals surface area contributed by atoms with Crippen molar-refractivity contribution in [1.82, 2.24) is 9.38 Å². The van der Waals surface area contributed by atoms with E-state index in [2.05, 4.69) is 11.9 Å². The number of rotatable bonds is 5. The van der Waals surface area contributed by atoms with Gasteiger partial charge >= 0.3 is 0 Å². The third kappa shape index (κ3) is 3.81. The Hall–Kier alpha value is -1.52. The fraction of sp³-hybridized carbons (Fsp3) is 0.235. The first-order valence-electron chi connectivity index (χ1n) is 7.14. The van der Waals surface area contributed by atoms with Gasteiger partial charge in [-0.3, -0.25) is 0 Å². The summed E-state index contributed by atoms with van der Waals surface area (Å²) < 4.78 is 7.60. The Labute approximate surface area is 145 Å². The van der Waals surface area contributed by atoms with Crippen LogP contribution >= 0.6 is 11.6 Å². The van der Waals surface area contributed by atoms with Gasteiger partial charge < -0.3 is 26.1 Å². The van der Waals surface area contributed by atoms with Crippen molar-refractivity contribution < 1.29 is 21.7 Å². The zero-order valence-electron chi connectivity index (χ0n) is 12.3. The standard InChI is InChI=1S/C17H17ClN2O.BrH/c1-2-3-10-21-15-7-4-13(5-8-15)16-12-20-11-14(18)6-9-17(20)19-16;/h4-9,11-12H,2-3,10H2,1H3;1H/p-1. The molecule has 0 unspecified atom stereocenters. The van der Waals surface area contributed by atoms with Crippen molar-refractivity contribution in [3.63, 3.8) is 0 Å². The summed E-state index contributed by atoms with van der Waals surface area (Å²) in [5.41, 5.74) is 2.88. The minimum Gasteiger partial charge on any atom is -1.00 e. The van der Waals surface area contributed by atoms with E-state index >= 15 is 0 Å². The lowest BCUT2D eigenvalue weighted by atomic mass is 10.2. The number of benzene rings is 1. The molecule has 3 rings (SSSR count). The van der Waals surface area contributed by atoms with E-state index in [1.807, 2.05) is 53.2 Å². The van der Waals surface area contributed by atoms with E-state index in [1.54, 1.807) is 0 Å². The van der Waals surface area contributed by atoms with Crippen molar-refractivity contribution >= 4 is 17.2 Å². The molecule has 0 aliphatic rings. The first-order valence-corrected chi connectivity index (χ1v) is 7.51. The number of hydrogen-bond acceptors (Lipinski definition) is 2. The average molecular weight is 381 g/mol. The molecule has 0 N–H and O–H groups in total. The van der Waals surface area contributed by atoms with E-state index in [-0.39, 0.29) is 17.0 Å². The van der Waals surface area contributed by atoms with E-state index < -0.39 is 0 Å². The number of ether oxygens (including phenoxy) is 1. The molecule has 1 aromatic carbocycles. The molecule has 22 heavy (non-hydrogen) atoms. The summed E-state index contributed by atoms with van der Waals surface area (Å²) in [5.74, 6) is 0.902. The quantitative estimate of drug-likeness (QED) is 0.632. The van der Waals surface area contributed by atoms with Gasteiger partial charge in [-0.2, -0.15) is 0 Å². The fourth-order valence-electron chi connectivity index (χ4n) is 2.16. The molecule has 0 spiro atoms. The van der Waals surface area contributed by atoms with Crippen LogP contribution < -0.4 is 21.7 Å². The maximum Gasteiger partial charge on any atom is 0.137 e. The Balaban J connectivity index is 0.00000176. The Morgan fingerprint density at radius 2 is 1.86 bits per heavy atom. The van der Waals surface area contributed by atoms with Crippen molar-refractivity contribution in [3.05, 3.63) is 53.8 Å². The minimum absolute atomic E-state index is 0. The van der Waals surface area contributed by atoms with Gasteiger partial charge in [0.25, 0.3) is 0 Å². The normalized spacial score (nSPS) is 10.5. The van der Waals surface area contributed by atoms with Crippen molar-refractivity contribution in [2.24, 2.45) is 0 Å². The van der Waals surface area contributed by atoms with Crippen LogP contribution in [0.3, 0.4) is 0 Å². The third-order valence-electron chi connectivity index (χ3n) is 3.33. The number of halogens is 2. The molecule has 3 nitrogen and oxygen atoms in total. The van der Waals surface area contributed by atoms with E-state index in [0.29, 0.717) is 5.02 Å². The molecule has 5 heteroatoms. The molecule has 0 atom stereocenters. The van der Waals surface area contributed by atoms with Crippen LogP contribution in [0.25, 0.3) is 16.9 Å². The second-order valence-electron chi connectivity index (χ2n) is 4.97. The Morgan fingerprint density at radius 1 is 1.09 bits per heavy atom. The van der Waals surface area contributed by atoms with Crippen LogP contribution in [0, 0.1) is 0 Å². The zero-order valence-corrected chi connectivity index (χ0v) is 14.6. The van der Waals surface area contributed by atoms with Crippen LogP contribution in [-0.2, 0) is 0 Å². The highest BCUT2D eigenvalue weighted by Crippen LogP contribution is 2.23. The van der Waals surface area contributed by atoms with Gasteiger partial charge in [0.05, 0.1) is 17.3 Å². The molecule has 3 aromatic rings. The highest BCUT2D eigenvalue weighted by Gasteiger charge is 2.05. The van der Waals surface area contributed by atoms with Gasteiger partial charge in [0.15, 0.2) is 0 Å². The fourth-order valence-corrected chi connectivity index (χ4v) is 2.33. The monoisotopic (exact) mass is 379 g/mol. The maximum absolute atomic E-state index is 5.99. The number of imidazole rings is 1. The molecule has 0 fully saturated rings. The van der Waals surface area contributed by atoms with Gasteiger partial charge in [-0.05, 0) is 42.8 Å². The average Bonchev–Trinajstić information content (AvgIpc) is 2.91. The second kappa shape index (κ2) is 7.65. The summed E-state index contributed by atoms with van der Waals surface area (Å²) >= 11 is 5.99. The molecule has 0 bridgehead atoms. The van der Waals surface area contributed by atoms with Gasteiger partial charge in [-0.1, -0.05) is 24.9 Å². The van der Waals surface area contributed by atoms with Gasteiger partial charge in [0.2, 0.25) is 0 Å². The van der Waals surface area contributed by atoms with Gasteiger partial charge in [-0.15, -0.1) is 0 Å². The van der Waals surface area contributed by atoms with E-state index in [1.165, 1.54) is 0 Å². The highest BCUT2D eigenvalue weighted by molar-refractivity contribution is 6.30. The highest BCUT2D eigenvalue weighted by atomic mass is 79.9. The largest absolute Gasteiger partial charge is 1.00 e. The molecule has 0 saturated heterocycles. The summed E-state index contributed by atoms with van der Waals surface area (Å²) in [7, 11) is 0. The third-order valence-corrected chi connectivity index (χ3v) is 3.56. The van der Waals surface area contributed by atoms with Gasteiger partial charge in [0, 0.05) is 18.0 Å². The summed E-state index contributed by atoms with van der Waals surface area (Å²) in [4.78, 5) is 4.59. The van der Waals surface area contributed by atoms with Crippen molar-refractivity contribution in [1.29, 1.82) is 0 Å². The zero-order chi connectivity index (χ0) is 14.7. The summed E-state index contributed by atoms with van der Waals surface area (Å²) in [6.07, 6.45) is 6.06. The molecule has 0 radical (unpaired) electrons. The number of nitrogens with zero attached hydrogens (tertiary/aromatic N) is 2. The maximum atomic E-state index is 5.99. The number of pyridine rings is 1. The molecular formula is C17H17BrClN2O-. The SMILES string of the molecule is CCCCOc1ccc(-c2cn3cc(Cl)ccc3n2)cc1.[Br-]. The lowest BCUT2D eigenvalue weighted by molar-refractivity contribution is -0.00000476. The predicted molar refractivity (Wildman–Crippen MR) is 86.0 cm³/mol.